The number of benzene rings is 2. The van der Waals surface area contributed by atoms with Crippen molar-refractivity contribution in [3.63, 3.8) is 0 Å². The van der Waals surface area contributed by atoms with Gasteiger partial charge in [0.1, 0.15) is 5.75 Å². The minimum absolute atomic E-state index is 0.131. The van der Waals surface area contributed by atoms with Crippen LogP contribution in [-0.4, -0.2) is 5.11 Å². The number of hydrogen-bond donors (Lipinski definition) is 2. The average molecular weight is 248 g/mol. The molecule has 0 spiro atoms. The molecule has 0 saturated carbocycles. The van der Waals surface area contributed by atoms with Crippen LogP contribution in [0, 0.1) is 0 Å². The van der Waals surface area contributed by atoms with Crippen LogP contribution in [0.4, 0.5) is 0 Å². The quantitative estimate of drug-likeness (QED) is 0.849. The van der Waals surface area contributed by atoms with Gasteiger partial charge in [-0.3, -0.25) is 0 Å². The summed E-state index contributed by atoms with van der Waals surface area (Å²) in [5.74, 6) is 0.255. The molecule has 0 bridgehead atoms. The number of phenolic OH excluding ortho intramolecular Hbond substituents is 1. The van der Waals surface area contributed by atoms with Crippen LogP contribution in [0.5, 0.6) is 5.75 Å². The summed E-state index contributed by atoms with van der Waals surface area (Å²) < 4.78 is 0. The molecule has 0 fully saturated rings. The summed E-state index contributed by atoms with van der Waals surface area (Å²) in [5.41, 5.74) is 8.43. The van der Waals surface area contributed by atoms with Gasteiger partial charge >= 0.3 is 0 Å². The molecule has 17 heavy (non-hydrogen) atoms. The fraction of sp³-hybridized carbons (Fsp3) is 0.143. The fourth-order valence-corrected chi connectivity index (χ4v) is 2.07. The highest BCUT2D eigenvalue weighted by Gasteiger charge is 2.09. The molecule has 3 N–H and O–H groups in total. The highest BCUT2D eigenvalue weighted by Crippen LogP contribution is 2.32. The van der Waals surface area contributed by atoms with Crippen molar-refractivity contribution in [2.24, 2.45) is 5.73 Å². The van der Waals surface area contributed by atoms with Crippen LogP contribution < -0.4 is 5.73 Å². The van der Waals surface area contributed by atoms with Gasteiger partial charge in [0.25, 0.3) is 0 Å². The molecule has 0 heterocycles. The largest absolute Gasteiger partial charge is 0.507 e. The van der Waals surface area contributed by atoms with Gasteiger partial charge < -0.3 is 10.8 Å². The van der Waals surface area contributed by atoms with Gasteiger partial charge in [-0.2, -0.15) is 0 Å². The molecule has 0 aliphatic carbocycles. The maximum atomic E-state index is 9.80. The average Bonchev–Trinajstić information content (AvgIpc) is 2.30. The van der Waals surface area contributed by atoms with Crippen molar-refractivity contribution in [1.29, 1.82) is 0 Å². The van der Waals surface area contributed by atoms with Crippen molar-refractivity contribution in [2.45, 2.75) is 13.0 Å². The van der Waals surface area contributed by atoms with Crippen LogP contribution in [0.25, 0.3) is 11.1 Å². The van der Waals surface area contributed by atoms with E-state index in [1.54, 1.807) is 12.1 Å². The number of halogens is 1. The van der Waals surface area contributed by atoms with Gasteiger partial charge in [0, 0.05) is 16.6 Å². The molecule has 2 nitrogen and oxygen atoms in total. The number of para-hydroxylation sites is 1. The Labute approximate surface area is 106 Å². The third kappa shape index (κ3) is 2.43. The molecule has 88 valence electrons. The van der Waals surface area contributed by atoms with Crippen molar-refractivity contribution in [2.75, 3.05) is 0 Å². The van der Waals surface area contributed by atoms with E-state index in [0.717, 1.165) is 16.7 Å². The van der Waals surface area contributed by atoms with Crippen LogP contribution in [-0.2, 0) is 0 Å². The van der Waals surface area contributed by atoms with Gasteiger partial charge in [-0.05, 0) is 36.2 Å². The number of aromatic hydroxyl groups is 1. The van der Waals surface area contributed by atoms with E-state index in [0.29, 0.717) is 5.02 Å². The predicted octanol–water partition coefficient (Wildman–Crippen LogP) is 3.73. The summed E-state index contributed by atoms with van der Waals surface area (Å²) in [7, 11) is 0. The van der Waals surface area contributed by atoms with Crippen molar-refractivity contribution < 1.29 is 5.11 Å². The molecule has 2 rings (SSSR count). The van der Waals surface area contributed by atoms with Crippen LogP contribution in [0.15, 0.2) is 42.5 Å². The highest BCUT2D eigenvalue weighted by atomic mass is 35.5. The Hall–Kier alpha value is -1.51. The second-order valence-corrected chi connectivity index (χ2v) is 4.45. The maximum absolute atomic E-state index is 9.80. The first-order valence-electron chi connectivity index (χ1n) is 5.43. The van der Waals surface area contributed by atoms with E-state index in [2.05, 4.69) is 0 Å². The molecule has 2 aromatic carbocycles. The Kier molecular flexibility index (Phi) is 3.36. The third-order valence-corrected chi connectivity index (χ3v) is 3.05. The summed E-state index contributed by atoms with van der Waals surface area (Å²) in [6.45, 7) is 1.88. The van der Waals surface area contributed by atoms with Gasteiger partial charge in [-0.15, -0.1) is 0 Å². The number of nitrogens with two attached hydrogens (primary N) is 1. The van der Waals surface area contributed by atoms with Crippen LogP contribution in [0.2, 0.25) is 5.02 Å². The molecule has 0 aliphatic rings. The Morgan fingerprint density at radius 1 is 1.18 bits per heavy atom. The summed E-state index contributed by atoms with van der Waals surface area (Å²) in [5, 5.41) is 10.5. The van der Waals surface area contributed by atoms with Crippen LogP contribution in [0.3, 0.4) is 0 Å². The van der Waals surface area contributed by atoms with Crippen LogP contribution >= 0.6 is 11.6 Å². The first-order chi connectivity index (χ1) is 8.09. The van der Waals surface area contributed by atoms with E-state index in [1.807, 2.05) is 37.3 Å². The van der Waals surface area contributed by atoms with Crippen molar-refractivity contribution in [3.8, 4) is 16.9 Å². The zero-order chi connectivity index (χ0) is 12.4. The van der Waals surface area contributed by atoms with Crippen molar-refractivity contribution >= 4 is 11.6 Å². The second-order valence-electron chi connectivity index (χ2n) is 4.04. The highest BCUT2D eigenvalue weighted by molar-refractivity contribution is 6.31. The lowest BCUT2D eigenvalue weighted by molar-refractivity contribution is 0.477. The summed E-state index contributed by atoms with van der Waals surface area (Å²) >= 11 is 6.08. The molecule has 0 aliphatic heterocycles. The molecule has 0 aromatic heterocycles. The standard InChI is InChI=1S/C14H14ClNO/c1-9(16)12-8-10(6-7-13(12)15)11-4-2-3-5-14(11)17/h2-9,17H,16H2,1H3. The third-order valence-electron chi connectivity index (χ3n) is 2.70. The Morgan fingerprint density at radius 3 is 2.53 bits per heavy atom. The molecular weight excluding hydrogens is 234 g/mol. The minimum Gasteiger partial charge on any atom is -0.507 e. The second kappa shape index (κ2) is 4.78. The Morgan fingerprint density at radius 2 is 1.88 bits per heavy atom. The molecule has 1 atom stereocenters. The molecule has 2 aromatic rings. The van der Waals surface area contributed by atoms with Gasteiger partial charge in [0.15, 0.2) is 0 Å². The lowest BCUT2D eigenvalue weighted by atomic mass is 10.00. The molecule has 3 heteroatoms. The lowest BCUT2D eigenvalue weighted by Gasteiger charge is -2.11. The summed E-state index contributed by atoms with van der Waals surface area (Å²) in [6, 6.07) is 12.7. The molecule has 1 unspecified atom stereocenters. The van der Waals surface area contributed by atoms with E-state index >= 15 is 0 Å². The van der Waals surface area contributed by atoms with E-state index in [1.165, 1.54) is 0 Å². The van der Waals surface area contributed by atoms with Crippen molar-refractivity contribution in [1.82, 2.24) is 0 Å². The molecular formula is C14H14ClNO. The topological polar surface area (TPSA) is 46.2 Å². The zero-order valence-electron chi connectivity index (χ0n) is 9.52. The number of phenols is 1. The lowest BCUT2D eigenvalue weighted by Crippen LogP contribution is -2.05. The zero-order valence-corrected chi connectivity index (χ0v) is 10.3. The summed E-state index contributed by atoms with van der Waals surface area (Å²) in [4.78, 5) is 0. The Bertz CT molecular complexity index is 537. The minimum atomic E-state index is -0.131. The molecule has 0 amide bonds. The molecule has 0 saturated heterocycles. The fourth-order valence-electron chi connectivity index (χ4n) is 1.78. The van der Waals surface area contributed by atoms with E-state index in [-0.39, 0.29) is 11.8 Å². The van der Waals surface area contributed by atoms with Crippen LogP contribution in [0.1, 0.15) is 18.5 Å². The van der Waals surface area contributed by atoms with E-state index < -0.39 is 0 Å². The van der Waals surface area contributed by atoms with Gasteiger partial charge in [-0.1, -0.05) is 35.9 Å². The van der Waals surface area contributed by atoms with Gasteiger partial charge in [0.05, 0.1) is 0 Å². The number of rotatable bonds is 2. The normalized spacial score (nSPS) is 12.4. The first-order valence-corrected chi connectivity index (χ1v) is 5.81. The monoisotopic (exact) mass is 247 g/mol. The number of hydrogen-bond acceptors (Lipinski definition) is 2. The Balaban J connectivity index is 2.54. The SMILES string of the molecule is CC(N)c1cc(-c2ccccc2O)ccc1Cl. The van der Waals surface area contributed by atoms with E-state index in [4.69, 9.17) is 17.3 Å². The van der Waals surface area contributed by atoms with E-state index in [9.17, 15) is 5.11 Å². The maximum Gasteiger partial charge on any atom is 0.123 e. The first kappa shape index (κ1) is 12.0. The predicted molar refractivity (Wildman–Crippen MR) is 71.2 cm³/mol. The van der Waals surface area contributed by atoms with Gasteiger partial charge in [-0.25, -0.2) is 0 Å². The van der Waals surface area contributed by atoms with Crippen molar-refractivity contribution in [3.05, 3.63) is 53.1 Å². The summed E-state index contributed by atoms with van der Waals surface area (Å²) in [6.07, 6.45) is 0. The smallest absolute Gasteiger partial charge is 0.123 e. The van der Waals surface area contributed by atoms with Gasteiger partial charge in [0.2, 0.25) is 0 Å². The molecule has 0 radical (unpaired) electrons.